The number of anilines is 2. The van der Waals surface area contributed by atoms with E-state index in [-0.39, 0.29) is 5.03 Å². The van der Waals surface area contributed by atoms with E-state index < -0.39 is 69.5 Å². The fourth-order valence-corrected chi connectivity index (χ4v) is 8.22. The lowest BCUT2D eigenvalue weighted by Crippen LogP contribution is -2.33. The number of imide groups is 1. The number of thioether (sulfide) groups is 1. The number of carbonyl (C=O) groups excluding carboxylic acids is 3. The van der Waals surface area contributed by atoms with Gasteiger partial charge in [-0.1, -0.05) is 47.4 Å². The monoisotopic (exact) mass is 643 g/mol. The smallest absolute Gasteiger partial charge is 0.418 e. The highest BCUT2D eigenvalue weighted by Gasteiger charge is 2.56. The summed E-state index contributed by atoms with van der Waals surface area (Å²) in [4.78, 5) is 54.8. The lowest BCUT2D eigenvalue weighted by Gasteiger charge is -2.30. The summed E-state index contributed by atoms with van der Waals surface area (Å²) in [6, 6.07) is 16.2. The molecule has 44 heavy (non-hydrogen) atoms. The molecule has 226 valence electrons. The van der Waals surface area contributed by atoms with Gasteiger partial charge in [0.2, 0.25) is 17.7 Å². The van der Waals surface area contributed by atoms with Crippen molar-refractivity contribution in [1.82, 2.24) is 4.57 Å². The molecule has 14 heteroatoms. The largest absolute Gasteiger partial charge is 0.497 e. The van der Waals surface area contributed by atoms with Crippen molar-refractivity contribution in [2.75, 3.05) is 17.3 Å². The minimum absolute atomic E-state index is 0.243. The highest BCUT2D eigenvalue weighted by Crippen LogP contribution is 2.54. The molecular weight excluding hydrogens is 622 g/mol. The van der Waals surface area contributed by atoms with Gasteiger partial charge in [-0.25, -0.2) is 9.29 Å². The zero-order valence-corrected chi connectivity index (χ0v) is 24.3. The Bertz CT molecular complexity index is 1840. The van der Waals surface area contributed by atoms with Crippen molar-refractivity contribution >= 4 is 52.2 Å². The summed E-state index contributed by atoms with van der Waals surface area (Å²) in [7, 11) is 1.48. The van der Waals surface area contributed by atoms with E-state index >= 15 is 0 Å². The summed E-state index contributed by atoms with van der Waals surface area (Å²) in [6.07, 6.45) is -4.72. The third-order valence-corrected chi connectivity index (χ3v) is 10.0. The normalized spacial score (nSPS) is 19.5. The molecule has 6 rings (SSSR count). The number of benzene rings is 3. The second-order valence-corrected chi connectivity index (χ2v) is 12.1. The van der Waals surface area contributed by atoms with Gasteiger partial charge in [-0.3, -0.25) is 23.7 Å². The van der Waals surface area contributed by atoms with Crippen molar-refractivity contribution in [3.05, 3.63) is 104 Å². The van der Waals surface area contributed by atoms with E-state index in [4.69, 9.17) is 4.74 Å². The van der Waals surface area contributed by atoms with Crippen molar-refractivity contribution in [1.29, 1.82) is 0 Å². The van der Waals surface area contributed by atoms with Gasteiger partial charge in [0.15, 0.2) is 0 Å². The van der Waals surface area contributed by atoms with Crippen LogP contribution < -0.4 is 19.8 Å². The minimum Gasteiger partial charge on any atom is -0.497 e. The molecular formula is C30H21F4N3O5S2. The number of nitrogens with one attached hydrogen (secondary N) is 1. The highest BCUT2D eigenvalue weighted by molar-refractivity contribution is 8.00. The number of nitrogens with zero attached hydrogens (tertiary/aromatic N) is 2. The van der Waals surface area contributed by atoms with Crippen molar-refractivity contribution in [3.8, 4) is 5.75 Å². The van der Waals surface area contributed by atoms with Crippen molar-refractivity contribution in [3.63, 3.8) is 0 Å². The molecule has 0 saturated carbocycles. The standard InChI is InChI=1S/C30H21F4N3O5S2/c1-42-18-12-10-17(11-13-18)37-26(39)23-22(15-6-8-16(31)9-7-15)25-28(43-24(23)27(37)40)36(29(41)44-25)14-21(38)35-20-5-3-2-4-19(20)30(32,33)34/h2-13,22-24H,14H2,1H3,(H,35,38). The summed E-state index contributed by atoms with van der Waals surface area (Å²) in [5.74, 6) is -3.72. The lowest BCUT2D eigenvalue weighted by atomic mass is 9.83. The predicted octanol–water partition coefficient (Wildman–Crippen LogP) is 5.51. The summed E-state index contributed by atoms with van der Waals surface area (Å²) in [5.41, 5.74) is -0.712. The summed E-state index contributed by atoms with van der Waals surface area (Å²) < 4.78 is 60.6. The fraction of sp³-hybridized carbons (Fsp3) is 0.200. The van der Waals surface area contributed by atoms with E-state index in [1.54, 1.807) is 24.3 Å². The van der Waals surface area contributed by atoms with Crippen LogP contribution in [-0.2, 0) is 27.1 Å². The maximum atomic E-state index is 13.9. The number of halogens is 4. The summed E-state index contributed by atoms with van der Waals surface area (Å²) in [5, 5.41) is 1.48. The van der Waals surface area contributed by atoms with Crippen LogP contribution in [0.15, 0.2) is 82.6 Å². The Hall–Kier alpha value is -4.43. The number of hydrogen-bond donors (Lipinski definition) is 1. The van der Waals surface area contributed by atoms with Gasteiger partial charge in [0.25, 0.3) is 0 Å². The molecule has 1 aromatic heterocycles. The molecule has 3 heterocycles. The number of carbonyl (C=O) groups is 3. The van der Waals surface area contributed by atoms with E-state index in [9.17, 15) is 36.7 Å². The van der Waals surface area contributed by atoms with E-state index in [1.807, 2.05) is 0 Å². The molecule has 8 nitrogen and oxygen atoms in total. The maximum absolute atomic E-state index is 13.9. The number of alkyl halides is 3. The van der Waals surface area contributed by atoms with Crippen molar-refractivity contribution in [2.45, 2.75) is 28.9 Å². The van der Waals surface area contributed by atoms with E-state index in [0.717, 1.165) is 44.7 Å². The Morgan fingerprint density at radius 1 is 0.955 bits per heavy atom. The van der Waals surface area contributed by atoms with Gasteiger partial charge in [0, 0.05) is 10.8 Å². The number of fused-ring (bicyclic) bond motifs is 2. The zero-order valence-electron chi connectivity index (χ0n) is 22.6. The summed E-state index contributed by atoms with van der Waals surface area (Å²) >= 11 is 1.72. The van der Waals surface area contributed by atoms with Crippen molar-refractivity contribution in [2.24, 2.45) is 5.92 Å². The van der Waals surface area contributed by atoms with Gasteiger partial charge in [0.1, 0.15) is 23.4 Å². The van der Waals surface area contributed by atoms with Crippen LogP contribution in [0.2, 0.25) is 0 Å². The number of methoxy groups -OCH3 is 1. The van der Waals surface area contributed by atoms with Crippen LogP contribution in [0.4, 0.5) is 28.9 Å². The van der Waals surface area contributed by atoms with Crippen molar-refractivity contribution < 1.29 is 36.7 Å². The Morgan fingerprint density at radius 2 is 1.64 bits per heavy atom. The second kappa shape index (κ2) is 11.2. The number of rotatable bonds is 6. The van der Waals surface area contributed by atoms with Crippen LogP contribution in [0.25, 0.3) is 0 Å². The first-order valence-electron chi connectivity index (χ1n) is 13.1. The fourth-order valence-electron chi connectivity index (χ4n) is 5.44. The van der Waals surface area contributed by atoms with Crippen LogP contribution in [0.1, 0.15) is 21.9 Å². The summed E-state index contributed by atoms with van der Waals surface area (Å²) in [6.45, 7) is -0.637. The van der Waals surface area contributed by atoms with Gasteiger partial charge in [-0.2, -0.15) is 13.2 Å². The number of hydrogen-bond acceptors (Lipinski definition) is 7. The quantitative estimate of drug-likeness (QED) is 0.220. The number of para-hydroxylation sites is 1. The third-order valence-electron chi connectivity index (χ3n) is 7.42. The Morgan fingerprint density at radius 3 is 2.30 bits per heavy atom. The molecule has 1 N–H and O–H groups in total. The van der Waals surface area contributed by atoms with Crippen LogP contribution in [-0.4, -0.2) is 34.6 Å². The molecule has 2 aliphatic rings. The average Bonchev–Trinajstić information content (AvgIpc) is 3.43. The molecule has 0 radical (unpaired) electrons. The van der Waals surface area contributed by atoms with E-state index in [2.05, 4.69) is 5.32 Å². The SMILES string of the molecule is COc1ccc(N2C(=O)C3Sc4c(sc(=O)n4CC(=O)Nc4ccccc4C(F)(F)F)C(c4ccc(F)cc4)C3C2=O)cc1. The van der Waals surface area contributed by atoms with Gasteiger partial charge >= 0.3 is 11.0 Å². The van der Waals surface area contributed by atoms with E-state index in [1.165, 1.54) is 43.5 Å². The first-order valence-corrected chi connectivity index (χ1v) is 14.8. The van der Waals surface area contributed by atoms with Gasteiger partial charge < -0.3 is 10.1 Å². The molecule has 2 aliphatic heterocycles. The number of thiazole rings is 1. The first-order chi connectivity index (χ1) is 21.0. The number of amides is 3. The highest BCUT2D eigenvalue weighted by atomic mass is 32.2. The molecule has 3 unspecified atom stereocenters. The van der Waals surface area contributed by atoms with Gasteiger partial charge in [0.05, 0.1) is 35.0 Å². The number of aromatic nitrogens is 1. The van der Waals surface area contributed by atoms with Gasteiger partial charge in [-0.05, 0) is 54.1 Å². The third kappa shape index (κ3) is 5.17. The van der Waals surface area contributed by atoms with Crippen LogP contribution in [0, 0.1) is 11.7 Å². The maximum Gasteiger partial charge on any atom is 0.418 e. The Labute approximate surface area is 255 Å². The molecule has 1 fully saturated rings. The molecule has 0 aliphatic carbocycles. The van der Waals surface area contributed by atoms with Crippen LogP contribution in [0.5, 0.6) is 5.75 Å². The molecule has 3 aromatic carbocycles. The number of ether oxygens (including phenoxy) is 1. The molecule has 1 saturated heterocycles. The molecule has 0 bridgehead atoms. The Kier molecular flexibility index (Phi) is 7.58. The van der Waals surface area contributed by atoms with Crippen LogP contribution >= 0.6 is 23.1 Å². The first kappa shape index (κ1) is 29.6. The average molecular weight is 644 g/mol. The Balaban J connectivity index is 1.39. The molecule has 4 aromatic rings. The molecule has 3 atom stereocenters. The molecule has 3 amide bonds. The lowest BCUT2D eigenvalue weighted by molar-refractivity contribution is -0.137. The molecule has 0 spiro atoms. The topological polar surface area (TPSA) is 97.7 Å². The predicted molar refractivity (Wildman–Crippen MR) is 156 cm³/mol. The zero-order chi connectivity index (χ0) is 31.3. The minimum atomic E-state index is -4.72. The van der Waals surface area contributed by atoms with E-state index in [0.29, 0.717) is 21.9 Å². The van der Waals surface area contributed by atoms with Crippen LogP contribution in [0.3, 0.4) is 0 Å². The van der Waals surface area contributed by atoms with Gasteiger partial charge in [-0.15, -0.1) is 0 Å². The second-order valence-electron chi connectivity index (χ2n) is 10.0.